The summed E-state index contributed by atoms with van der Waals surface area (Å²) in [6, 6.07) is 6.69. The molecule has 0 atom stereocenters. The van der Waals surface area contributed by atoms with Gasteiger partial charge in [0.05, 0.1) is 6.54 Å². The minimum Gasteiger partial charge on any atom is -0.384 e. The van der Waals surface area contributed by atoms with Gasteiger partial charge >= 0.3 is 0 Å². The summed E-state index contributed by atoms with van der Waals surface area (Å²) in [7, 11) is 0. The van der Waals surface area contributed by atoms with Crippen LogP contribution in [0.2, 0.25) is 0 Å². The van der Waals surface area contributed by atoms with Gasteiger partial charge < -0.3 is 9.88 Å². The van der Waals surface area contributed by atoms with Crippen molar-refractivity contribution >= 4 is 18.1 Å². The van der Waals surface area contributed by atoms with Gasteiger partial charge in [0.2, 0.25) is 0 Å². The predicted molar refractivity (Wildman–Crippen MR) is 92.0 cm³/mol. The maximum Gasteiger partial charge on any atom is 0.147 e. The fraction of sp³-hybridized carbons (Fsp3) is 0.529. The molecule has 0 radical (unpaired) electrons. The molecule has 1 aliphatic carbocycles. The molecule has 5 nitrogen and oxygen atoms in total. The summed E-state index contributed by atoms with van der Waals surface area (Å²) in [5.41, 5.74) is 4.26. The van der Waals surface area contributed by atoms with E-state index in [4.69, 9.17) is 0 Å². The lowest BCUT2D eigenvalue weighted by atomic mass is 10.1. The Balaban J connectivity index is 0.00000135. The molecule has 6 heteroatoms. The summed E-state index contributed by atoms with van der Waals surface area (Å²) in [6.45, 7) is 5.13. The van der Waals surface area contributed by atoms with Crippen LogP contribution in [0.4, 0.5) is 5.69 Å². The summed E-state index contributed by atoms with van der Waals surface area (Å²) >= 11 is 0. The molecule has 5 rings (SSSR count). The topological polar surface area (TPSA) is 46.0 Å². The summed E-state index contributed by atoms with van der Waals surface area (Å²) in [4.78, 5) is 2.50. The zero-order chi connectivity index (χ0) is 14.5. The zero-order valence-electron chi connectivity index (χ0n) is 13.2. The molecule has 3 aliphatic rings. The molecule has 0 spiro atoms. The fourth-order valence-electron chi connectivity index (χ4n) is 3.79. The normalized spacial score (nSPS) is 19.7. The Bertz CT molecular complexity index is 722. The van der Waals surface area contributed by atoms with E-state index < -0.39 is 0 Å². The number of hydrogen-bond donors (Lipinski definition) is 1. The first-order chi connectivity index (χ1) is 10.9. The van der Waals surface area contributed by atoms with Crippen LogP contribution < -0.4 is 5.32 Å². The van der Waals surface area contributed by atoms with Crippen molar-refractivity contribution < 1.29 is 0 Å². The Kier molecular flexibility index (Phi) is 3.77. The number of para-hydroxylation sites is 1. The monoisotopic (exact) mass is 331 g/mol. The molecule has 1 aromatic carbocycles. The van der Waals surface area contributed by atoms with E-state index in [1.165, 1.54) is 35.5 Å². The molecule has 0 amide bonds. The van der Waals surface area contributed by atoms with Crippen LogP contribution in [0.15, 0.2) is 18.2 Å². The third-order valence-corrected chi connectivity index (χ3v) is 5.13. The molecular weight excluding hydrogens is 310 g/mol. The van der Waals surface area contributed by atoms with Crippen LogP contribution in [0.3, 0.4) is 0 Å². The molecule has 23 heavy (non-hydrogen) atoms. The van der Waals surface area contributed by atoms with Gasteiger partial charge in [-0.15, -0.1) is 22.6 Å². The number of nitrogens with zero attached hydrogens (tertiary/aromatic N) is 4. The second-order valence-corrected chi connectivity index (χ2v) is 6.74. The van der Waals surface area contributed by atoms with Crippen molar-refractivity contribution in [1.29, 1.82) is 0 Å². The van der Waals surface area contributed by atoms with E-state index in [0.29, 0.717) is 5.92 Å². The zero-order valence-corrected chi connectivity index (χ0v) is 14.0. The van der Waals surface area contributed by atoms with Crippen molar-refractivity contribution in [2.45, 2.75) is 44.8 Å². The molecule has 122 valence electrons. The van der Waals surface area contributed by atoms with Gasteiger partial charge in [0.1, 0.15) is 11.6 Å². The third kappa shape index (κ3) is 2.62. The molecule has 1 fully saturated rings. The number of halogens is 1. The van der Waals surface area contributed by atoms with Gasteiger partial charge in [-0.1, -0.05) is 18.2 Å². The van der Waals surface area contributed by atoms with Crippen LogP contribution in [0.25, 0.3) is 0 Å². The minimum absolute atomic E-state index is 0. The van der Waals surface area contributed by atoms with E-state index >= 15 is 0 Å². The van der Waals surface area contributed by atoms with Crippen LogP contribution in [0.1, 0.15) is 41.5 Å². The van der Waals surface area contributed by atoms with Gasteiger partial charge in [0.15, 0.2) is 0 Å². The molecule has 2 aromatic rings. The third-order valence-electron chi connectivity index (χ3n) is 5.13. The Hall–Kier alpha value is -1.59. The maximum atomic E-state index is 4.44. The first kappa shape index (κ1) is 15.0. The van der Waals surface area contributed by atoms with Crippen molar-refractivity contribution in [3.8, 4) is 0 Å². The molecule has 0 bridgehead atoms. The summed E-state index contributed by atoms with van der Waals surface area (Å²) in [6.07, 6.45) is 3.75. The van der Waals surface area contributed by atoms with Crippen LogP contribution in [0, 0.1) is 0 Å². The smallest absolute Gasteiger partial charge is 0.147 e. The number of aromatic nitrogens is 3. The highest BCUT2D eigenvalue weighted by Crippen LogP contribution is 2.39. The largest absolute Gasteiger partial charge is 0.384 e. The van der Waals surface area contributed by atoms with Gasteiger partial charge in [-0.05, 0) is 30.4 Å². The van der Waals surface area contributed by atoms with Crippen LogP contribution in [-0.4, -0.2) is 32.8 Å². The van der Waals surface area contributed by atoms with Gasteiger partial charge in [-0.25, -0.2) is 0 Å². The number of anilines is 1. The lowest BCUT2D eigenvalue weighted by Crippen LogP contribution is -2.34. The second-order valence-electron chi connectivity index (χ2n) is 6.74. The highest BCUT2D eigenvalue weighted by Gasteiger charge is 2.32. The lowest BCUT2D eigenvalue weighted by molar-refractivity contribution is 0.207. The number of benzene rings is 1. The van der Waals surface area contributed by atoms with Crippen molar-refractivity contribution in [3.05, 3.63) is 41.0 Å². The van der Waals surface area contributed by atoms with E-state index in [1.54, 1.807) is 0 Å². The second kappa shape index (κ2) is 5.80. The van der Waals surface area contributed by atoms with Gasteiger partial charge in [-0.3, -0.25) is 4.90 Å². The number of rotatable bonds is 3. The van der Waals surface area contributed by atoms with E-state index in [-0.39, 0.29) is 12.4 Å². The Labute approximate surface area is 142 Å². The van der Waals surface area contributed by atoms with Crippen molar-refractivity contribution in [2.75, 3.05) is 18.4 Å². The quantitative estimate of drug-likeness (QED) is 0.939. The first-order valence-corrected chi connectivity index (χ1v) is 8.37. The Morgan fingerprint density at radius 2 is 2.09 bits per heavy atom. The molecule has 0 saturated heterocycles. The molecule has 1 saturated carbocycles. The van der Waals surface area contributed by atoms with Crippen LogP contribution in [0.5, 0.6) is 0 Å². The van der Waals surface area contributed by atoms with Crippen molar-refractivity contribution in [3.63, 3.8) is 0 Å². The maximum absolute atomic E-state index is 4.44. The molecule has 1 aromatic heterocycles. The van der Waals surface area contributed by atoms with Gasteiger partial charge in [-0.2, -0.15) is 0 Å². The van der Waals surface area contributed by atoms with Crippen LogP contribution in [-0.2, 0) is 26.1 Å². The minimum atomic E-state index is 0. The first-order valence-electron chi connectivity index (χ1n) is 8.37. The number of hydrogen-bond acceptors (Lipinski definition) is 4. The molecule has 2 aliphatic heterocycles. The van der Waals surface area contributed by atoms with Gasteiger partial charge in [0.25, 0.3) is 0 Å². The highest BCUT2D eigenvalue weighted by molar-refractivity contribution is 5.85. The van der Waals surface area contributed by atoms with E-state index in [2.05, 4.69) is 43.2 Å². The van der Waals surface area contributed by atoms with E-state index in [0.717, 1.165) is 45.0 Å². The van der Waals surface area contributed by atoms with Crippen LogP contribution >= 0.6 is 12.4 Å². The highest BCUT2D eigenvalue weighted by atomic mass is 35.5. The standard InChI is InChI=1S/C17H21N5.ClH/c1-2-12-6-7-18-16(12)14(3-1)10-21-8-9-22-15(11-21)19-20-17(22)13-4-5-13;/h1-3,13,18H,4-11H2;1H. The molecule has 0 unspecified atom stereocenters. The Morgan fingerprint density at radius 3 is 2.96 bits per heavy atom. The van der Waals surface area contributed by atoms with Crippen molar-refractivity contribution in [2.24, 2.45) is 0 Å². The molecular formula is C17H22ClN5. The molecule has 3 heterocycles. The van der Waals surface area contributed by atoms with E-state index in [1.807, 2.05) is 0 Å². The van der Waals surface area contributed by atoms with Gasteiger partial charge in [0, 0.05) is 37.8 Å². The summed E-state index contributed by atoms with van der Waals surface area (Å²) in [5, 5.41) is 12.4. The average molecular weight is 332 g/mol. The Morgan fingerprint density at radius 1 is 1.17 bits per heavy atom. The summed E-state index contributed by atoms with van der Waals surface area (Å²) < 4.78 is 2.36. The lowest BCUT2D eigenvalue weighted by Gasteiger charge is -2.28. The molecule has 1 N–H and O–H groups in total. The number of fused-ring (bicyclic) bond motifs is 2. The fourth-order valence-corrected chi connectivity index (χ4v) is 3.79. The predicted octanol–water partition coefficient (Wildman–Crippen LogP) is 2.56. The SMILES string of the molecule is Cl.c1cc2c(c(CN3CCn4c(nnc4C4CC4)C3)c1)NCC2. The van der Waals surface area contributed by atoms with E-state index in [9.17, 15) is 0 Å². The number of nitrogens with one attached hydrogen (secondary N) is 1. The van der Waals surface area contributed by atoms with Crippen molar-refractivity contribution in [1.82, 2.24) is 19.7 Å². The summed E-state index contributed by atoms with van der Waals surface area (Å²) in [5.74, 6) is 3.07. The average Bonchev–Trinajstić information content (AvgIpc) is 3.11.